The number of sulfonamides is 1. The van der Waals surface area contributed by atoms with E-state index in [1.807, 2.05) is 6.92 Å². The number of fused-ring (bicyclic) bond motifs is 1. The molecule has 3 aromatic rings. The van der Waals surface area contributed by atoms with E-state index in [0.29, 0.717) is 16.5 Å². The summed E-state index contributed by atoms with van der Waals surface area (Å²) >= 11 is 0. The summed E-state index contributed by atoms with van der Waals surface area (Å²) in [6.07, 6.45) is 1.65. The van der Waals surface area contributed by atoms with Crippen LogP contribution >= 0.6 is 0 Å². The molecule has 4 rings (SSSR count). The maximum absolute atomic E-state index is 14.1. The summed E-state index contributed by atoms with van der Waals surface area (Å²) in [7, 11) is -1.79. The van der Waals surface area contributed by atoms with Crippen LogP contribution in [0.15, 0.2) is 53.6 Å². The van der Waals surface area contributed by atoms with Crippen molar-refractivity contribution >= 4 is 26.6 Å². The predicted molar refractivity (Wildman–Crippen MR) is 121 cm³/mol. The van der Waals surface area contributed by atoms with Gasteiger partial charge in [0.05, 0.1) is 10.4 Å². The minimum absolute atomic E-state index is 0.172. The van der Waals surface area contributed by atoms with E-state index in [2.05, 4.69) is 26.6 Å². The Bertz CT molecular complexity index is 1210. The first-order chi connectivity index (χ1) is 14.8. The van der Waals surface area contributed by atoms with Crippen LogP contribution in [-0.2, 0) is 10.0 Å². The second-order valence-electron chi connectivity index (χ2n) is 8.12. The number of rotatable bonds is 5. The first-order valence-electron chi connectivity index (χ1n) is 10.4. The number of hydrogen-bond acceptors (Lipinski definition) is 5. The van der Waals surface area contributed by atoms with Crippen LogP contribution in [0.5, 0.6) is 0 Å². The molecule has 31 heavy (non-hydrogen) atoms. The molecular formula is C23H27FN4O2S. The lowest BCUT2D eigenvalue weighted by Crippen LogP contribution is -2.45. The van der Waals surface area contributed by atoms with Crippen molar-refractivity contribution < 1.29 is 12.8 Å². The Morgan fingerprint density at radius 3 is 2.58 bits per heavy atom. The summed E-state index contributed by atoms with van der Waals surface area (Å²) < 4.78 is 43.5. The molecule has 1 fully saturated rings. The summed E-state index contributed by atoms with van der Waals surface area (Å²) in [5.41, 5.74) is 3.05. The molecule has 1 aliphatic rings. The second kappa shape index (κ2) is 8.53. The molecule has 0 radical (unpaired) electrons. The van der Waals surface area contributed by atoms with Gasteiger partial charge in [0, 0.05) is 49.5 Å². The molecule has 8 heteroatoms. The number of nitrogens with one attached hydrogen (secondary N) is 1. The standard InChI is InChI=1S/C23H27FN4O2S/c1-16-6-9-22(19-5-4-10-25-23(16)19)31(29,30)26-17(2)20-15-18(24)7-8-21(20)28-13-11-27(3)12-14-28/h4-10,15,17,26H,11-14H2,1-3H3. The Kier molecular flexibility index (Phi) is 5.96. The van der Waals surface area contributed by atoms with E-state index in [0.717, 1.165) is 37.4 Å². The van der Waals surface area contributed by atoms with Crippen molar-refractivity contribution in [1.82, 2.24) is 14.6 Å². The third-order valence-corrected chi connectivity index (χ3v) is 7.45. The number of aryl methyl sites for hydroxylation is 1. The van der Waals surface area contributed by atoms with E-state index in [-0.39, 0.29) is 10.7 Å². The molecule has 1 saturated heterocycles. The summed E-state index contributed by atoms with van der Waals surface area (Å²) in [5, 5.41) is 0.570. The van der Waals surface area contributed by atoms with Gasteiger partial charge in [-0.1, -0.05) is 6.07 Å². The van der Waals surface area contributed by atoms with Gasteiger partial charge in [-0.3, -0.25) is 4.98 Å². The Balaban J connectivity index is 1.68. The van der Waals surface area contributed by atoms with Crippen molar-refractivity contribution in [2.75, 3.05) is 38.1 Å². The van der Waals surface area contributed by atoms with Gasteiger partial charge < -0.3 is 9.80 Å². The normalized spacial score (nSPS) is 16.6. The maximum Gasteiger partial charge on any atom is 0.241 e. The lowest BCUT2D eigenvalue weighted by atomic mass is 10.0. The molecule has 0 aliphatic carbocycles. The highest BCUT2D eigenvalue weighted by Gasteiger charge is 2.25. The Hall–Kier alpha value is -2.55. The molecule has 2 heterocycles. The molecule has 1 N–H and O–H groups in total. The zero-order valence-corrected chi connectivity index (χ0v) is 18.8. The molecule has 0 bridgehead atoms. The van der Waals surface area contributed by atoms with Gasteiger partial charge >= 0.3 is 0 Å². The van der Waals surface area contributed by atoms with Crippen LogP contribution in [0.4, 0.5) is 10.1 Å². The van der Waals surface area contributed by atoms with Crippen LogP contribution in [0.1, 0.15) is 24.1 Å². The SMILES string of the molecule is Cc1ccc(S(=O)(=O)NC(C)c2cc(F)ccc2N2CCN(C)CC2)c2cccnc12. The van der Waals surface area contributed by atoms with Gasteiger partial charge in [0.1, 0.15) is 5.82 Å². The van der Waals surface area contributed by atoms with Gasteiger partial charge in [0.15, 0.2) is 0 Å². The van der Waals surface area contributed by atoms with Gasteiger partial charge in [-0.05, 0) is 68.4 Å². The number of nitrogens with zero attached hydrogens (tertiary/aromatic N) is 3. The monoisotopic (exact) mass is 442 g/mol. The summed E-state index contributed by atoms with van der Waals surface area (Å²) in [6.45, 7) is 7.07. The van der Waals surface area contributed by atoms with Crippen LogP contribution in [0.2, 0.25) is 0 Å². The molecule has 1 unspecified atom stereocenters. The minimum atomic E-state index is -3.86. The third-order valence-electron chi connectivity index (χ3n) is 5.85. The van der Waals surface area contributed by atoms with Crippen molar-refractivity contribution in [3.63, 3.8) is 0 Å². The van der Waals surface area contributed by atoms with Crippen LogP contribution in [0.25, 0.3) is 10.9 Å². The molecule has 1 aliphatic heterocycles. The number of piperazine rings is 1. The van der Waals surface area contributed by atoms with Crippen LogP contribution in [0, 0.1) is 12.7 Å². The van der Waals surface area contributed by atoms with Crippen molar-refractivity contribution in [3.8, 4) is 0 Å². The summed E-state index contributed by atoms with van der Waals surface area (Å²) in [6, 6.07) is 10.8. The highest BCUT2D eigenvalue weighted by atomic mass is 32.2. The zero-order valence-electron chi connectivity index (χ0n) is 18.0. The van der Waals surface area contributed by atoms with E-state index >= 15 is 0 Å². The maximum atomic E-state index is 14.1. The Morgan fingerprint density at radius 2 is 1.84 bits per heavy atom. The fourth-order valence-corrected chi connectivity index (χ4v) is 5.51. The average Bonchev–Trinajstić information content (AvgIpc) is 2.74. The number of hydrogen-bond donors (Lipinski definition) is 1. The van der Waals surface area contributed by atoms with Gasteiger partial charge in [-0.15, -0.1) is 0 Å². The van der Waals surface area contributed by atoms with E-state index in [1.165, 1.54) is 12.1 Å². The fourth-order valence-electron chi connectivity index (χ4n) is 4.09. The molecule has 0 spiro atoms. The number of aromatic nitrogens is 1. The molecule has 2 aromatic carbocycles. The van der Waals surface area contributed by atoms with Gasteiger partial charge in [0.2, 0.25) is 10.0 Å². The fraction of sp³-hybridized carbons (Fsp3) is 0.348. The molecule has 6 nitrogen and oxygen atoms in total. The highest BCUT2D eigenvalue weighted by molar-refractivity contribution is 7.89. The van der Waals surface area contributed by atoms with Crippen LogP contribution in [-0.4, -0.2) is 51.5 Å². The number of anilines is 1. The molecule has 164 valence electrons. The molecular weight excluding hydrogens is 415 g/mol. The zero-order chi connectivity index (χ0) is 22.2. The van der Waals surface area contributed by atoms with Gasteiger partial charge in [-0.25, -0.2) is 17.5 Å². The predicted octanol–water partition coefficient (Wildman–Crippen LogP) is 3.47. The lowest BCUT2D eigenvalue weighted by Gasteiger charge is -2.36. The van der Waals surface area contributed by atoms with Crippen molar-refractivity contribution in [3.05, 3.63) is 65.6 Å². The number of pyridine rings is 1. The van der Waals surface area contributed by atoms with E-state index in [4.69, 9.17) is 0 Å². The molecule has 0 amide bonds. The number of benzene rings is 2. The third kappa shape index (κ3) is 4.42. The van der Waals surface area contributed by atoms with Crippen molar-refractivity contribution in [1.29, 1.82) is 0 Å². The van der Waals surface area contributed by atoms with E-state index in [9.17, 15) is 12.8 Å². The summed E-state index contributed by atoms with van der Waals surface area (Å²) in [4.78, 5) is 8.93. The molecule has 0 saturated carbocycles. The van der Waals surface area contributed by atoms with Gasteiger partial charge in [0.25, 0.3) is 0 Å². The first-order valence-corrected chi connectivity index (χ1v) is 11.8. The molecule has 1 atom stereocenters. The quantitative estimate of drug-likeness (QED) is 0.656. The highest BCUT2D eigenvalue weighted by Crippen LogP contribution is 2.31. The second-order valence-corrected chi connectivity index (χ2v) is 9.80. The Morgan fingerprint density at radius 1 is 1.10 bits per heavy atom. The minimum Gasteiger partial charge on any atom is -0.369 e. The van der Waals surface area contributed by atoms with E-state index < -0.39 is 16.1 Å². The average molecular weight is 443 g/mol. The van der Waals surface area contributed by atoms with Crippen LogP contribution in [0.3, 0.4) is 0 Å². The topological polar surface area (TPSA) is 65.5 Å². The largest absolute Gasteiger partial charge is 0.369 e. The Labute approximate surface area is 182 Å². The van der Waals surface area contributed by atoms with Crippen molar-refractivity contribution in [2.24, 2.45) is 0 Å². The van der Waals surface area contributed by atoms with E-state index in [1.54, 1.807) is 43.5 Å². The molecule has 1 aromatic heterocycles. The lowest BCUT2D eigenvalue weighted by molar-refractivity contribution is 0.312. The first kappa shape index (κ1) is 21.7. The smallest absolute Gasteiger partial charge is 0.241 e. The van der Waals surface area contributed by atoms with Crippen molar-refractivity contribution in [2.45, 2.75) is 24.8 Å². The summed E-state index contributed by atoms with van der Waals surface area (Å²) in [5.74, 6) is -0.385. The number of likely N-dealkylation sites (N-methyl/N-ethyl adjacent to an activating group) is 1. The number of halogens is 1. The van der Waals surface area contributed by atoms with Gasteiger partial charge in [-0.2, -0.15) is 0 Å². The van der Waals surface area contributed by atoms with Crippen LogP contribution < -0.4 is 9.62 Å².